The Kier molecular flexibility index (Phi) is 5.30. The first-order valence-electron chi connectivity index (χ1n) is 11.1. The fourth-order valence-electron chi connectivity index (χ4n) is 5.15. The Morgan fingerprint density at radius 2 is 1.55 bits per heavy atom. The van der Waals surface area contributed by atoms with Crippen LogP contribution in [0.3, 0.4) is 0 Å². The van der Waals surface area contributed by atoms with Gasteiger partial charge in [0.15, 0.2) is 0 Å². The van der Waals surface area contributed by atoms with E-state index in [1.165, 1.54) is 36.6 Å². The summed E-state index contributed by atoms with van der Waals surface area (Å²) >= 11 is 0. The summed E-state index contributed by atoms with van der Waals surface area (Å²) in [5.41, 5.74) is 2.09. The number of carbonyl (C=O) groups excluding carboxylic acids is 2. The molecule has 1 aliphatic carbocycles. The van der Waals surface area contributed by atoms with Gasteiger partial charge in [0.1, 0.15) is 18.9 Å². The average molecular weight is 420 g/mol. The molecule has 1 saturated carbocycles. The summed E-state index contributed by atoms with van der Waals surface area (Å²) in [6, 6.07) is 13.8. The monoisotopic (exact) mass is 419 g/mol. The van der Waals surface area contributed by atoms with Crippen LogP contribution in [0.2, 0.25) is 0 Å². The predicted molar refractivity (Wildman–Crippen MR) is 118 cm³/mol. The lowest BCUT2D eigenvalue weighted by molar-refractivity contribution is -0.131. The van der Waals surface area contributed by atoms with E-state index in [4.69, 9.17) is 0 Å². The van der Waals surface area contributed by atoms with E-state index in [0.29, 0.717) is 34.4 Å². The van der Waals surface area contributed by atoms with Crippen LogP contribution in [-0.2, 0) is 9.59 Å². The first kappa shape index (κ1) is 19.9. The normalized spacial score (nSPS) is 23.1. The quantitative estimate of drug-likeness (QED) is 0.763. The lowest BCUT2D eigenvalue weighted by Crippen LogP contribution is -2.45. The van der Waals surface area contributed by atoms with Crippen molar-refractivity contribution in [2.45, 2.75) is 25.7 Å². The number of nitrogens with zero attached hydrogens (tertiary/aromatic N) is 3. The molecule has 6 heteroatoms. The van der Waals surface area contributed by atoms with E-state index in [-0.39, 0.29) is 30.7 Å². The summed E-state index contributed by atoms with van der Waals surface area (Å²) in [6.07, 6.45) is 4.78. The summed E-state index contributed by atoms with van der Waals surface area (Å²) in [7, 11) is 0. The number of fused-ring (bicyclic) bond motifs is 5. The molecule has 2 aromatic rings. The van der Waals surface area contributed by atoms with Crippen molar-refractivity contribution in [3.8, 4) is 0 Å². The smallest absolute Gasteiger partial charge is 0.249 e. The van der Waals surface area contributed by atoms with Gasteiger partial charge >= 0.3 is 0 Å². The fraction of sp³-hybridized carbons (Fsp3) is 0.400. The molecule has 0 unspecified atom stereocenters. The second-order valence-corrected chi connectivity index (χ2v) is 8.83. The van der Waals surface area contributed by atoms with Crippen molar-refractivity contribution < 1.29 is 14.0 Å². The van der Waals surface area contributed by atoms with Crippen molar-refractivity contribution in [1.82, 2.24) is 4.90 Å². The second-order valence-electron chi connectivity index (χ2n) is 8.83. The molecule has 160 valence electrons. The van der Waals surface area contributed by atoms with Gasteiger partial charge in [-0.15, -0.1) is 0 Å². The third kappa shape index (κ3) is 3.87. The van der Waals surface area contributed by atoms with Gasteiger partial charge in [0.05, 0.1) is 11.4 Å². The first-order valence-corrected chi connectivity index (χ1v) is 11.1. The largest absolute Gasteiger partial charge is 0.341 e. The maximum Gasteiger partial charge on any atom is 0.249 e. The molecule has 31 heavy (non-hydrogen) atoms. The van der Waals surface area contributed by atoms with E-state index in [2.05, 4.69) is 4.99 Å². The highest BCUT2D eigenvalue weighted by atomic mass is 19.1. The van der Waals surface area contributed by atoms with Crippen LogP contribution in [0.5, 0.6) is 0 Å². The molecule has 2 amide bonds. The van der Waals surface area contributed by atoms with Crippen LogP contribution in [0.15, 0.2) is 53.5 Å². The number of para-hydroxylation sites is 1. The van der Waals surface area contributed by atoms with E-state index < -0.39 is 0 Å². The SMILES string of the molecule is O=C(CN1C(=O)CN=C(c2ccccc2F)c2ccccc21)N1CC2CCC(CC2)C1. The molecule has 2 bridgehead atoms. The van der Waals surface area contributed by atoms with Crippen LogP contribution in [-0.4, -0.2) is 48.6 Å². The van der Waals surface area contributed by atoms with Crippen molar-refractivity contribution in [1.29, 1.82) is 0 Å². The highest BCUT2D eigenvalue weighted by Gasteiger charge is 2.34. The minimum absolute atomic E-state index is 0.00460. The summed E-state index contributed by atoms with van der Waals surface area (Å²) in [5, 5.41) is 0. The van der Waals surface area contributed by atoms with Crippen molar-refractivity contribution >= 4 is 23.2 Å². The van der Waals surface area contributed by atoms with E-state index in [0.717, 1.165) is 13.1 Å². The number of halogens is 1. The molecule has 0 atom stereocenters. The number of hydrogen-bond acceptors (Lipinski definition) is 3. The number of rotatable bonds is 3. The van der Waals surface area contributed by atoms with Gasteiger partial charge in [-0.3, -0.25) is 14.6 Å². The maximum absolute atomic E-state index is 14.5. The third-order valence-electron chi connectivity index (χ3n) is 6.82. The molecule has 2 saturated heterocycles. The lowest BCUT2D eigenvalue weighted by Gasteiger charge is -2.28. The van der Waals surface area contributed by atoms with Crippen molar-refractivity contribution in [3.63, 3.8) is 0 Å². The number of benzodiazepines with no additional fused rings is 1. The molecule has 5 nitrogen and oxygen atoms in total. The lowest BCUT2D eigenvalue weighted by atomic mass is 9.84. The molecule has 2 aromatic carbocycles. The first-order chi connectivity index (χ1) is 15.1. The van der Waals surface area contributed by atoms with Crippen LogP contribution in [0.1, 0.15) is 36.8 Å². The van der Waals surface area contributed by atoms with Crippen LogP contribution >= 0.6 is 0 Å². The number of carbonyl (C=O) groups is 2. The Bertz CT molecular complexity index is 1030. The zero-order valence-electron chi connectivity index (χ0n) is 17.5. The van der Waals surface area contributed by atoms with E-state index >= 15 is 0 Å². The van der Waals surface area contributed by atoms with Crippen molar-refractivity contribution in [2.75, 3.05) is 31.1 Å². The second kappa shape index (κ2) is 8.25. The van der Waals surface area contributed by atoms with Gasteiger partial charge in [-0.1, -0.05) is 30.3 Å². The molecule has 3 aliphatic heterocycles. The van der Waals surface area contributed by atoms with Gasteiger partial charge < -0.3 is 9.80 Å². The minimum atomic E-state index is -0.381. The predicted octanol–water partition coefficient (Wildman–Crippen LogP) is 3.66. The molecule has 0 spiro atoms. The van der Waals surface area contributed by atoms with Gasteiger partial charge in [-0.05, 0) is 55.7 Å². The van der Waals surface area contributed by atoms with E-state index in [1.54, 1.807) is 18.2 Å². The number of hydrogen-bond donors (Lipinski definition) is 0. The third-order valence-corrected chi connectivity index (χ3v) is 6.82. The molecule has 3 fully saturated rings. The Morgan fingerprint density at radius 3 is 2.23 bits per heavy atom. The zero-order valence-corrected chi connectivity index (χ0v) is 17.5. The fourth-order valence-corrected chi connectivity index (χ4v) is 5.15. The van der Waals surface area contributed by atoms with E-state index in [1.807, 2.05) is 29.2 Å². The molecule has 0 aromatic heterocycles. The zero-order chi connectivity index (χ0) is 21.4. The Labute approximate surface area is 181 Å². The van der Waals surface area contributed by atoms with Gasteiger partial charge in [-0.25, -0.2) is 4.39 Å². The van der Waals surface area contributed by atoms with E-state index in [9.17, 15) is 14.0 Å². The molecule has 0 N–H and O–H groups in total. The number of anilines is 1. The number of aliphatic imine (C=N–C) groups is 1. The van der Waals surface area contributed by atoms with Crippen LogP contribution in [0, 0.1) is 17.7 Å². The summed E-state index contributed by atoms with van der Waals surface area (Å²) in [6.45, 7) is 1.46. The summed E-state index contributed by atoms with van der Waals surface area (Å²) < 4.78 is 14.5. The van der Waals surface area contributed by atoms with Crippen LogP contribution in [0.25, 0.3) is 0 Å². The van der Waals surface area contributed by atoms with Gasteiger partial charge in [0, 0.05) is 24.2 Å². The van der Waals surface area contributed by atoms with Gasteiger partial charge in [0.25, 0.3) is 0 Å². The summed E-state index contributed by atoms with van der Waals surface area (Å²) in [4.78, 5) is 34.2. The molecule has 4 aliphatic rings. The standard InChI is InChI=1S/C25H26FN3O2/c26-21-7-3-1-5-19(21)25-20-6-2-4-8-22(20)29(23(30)13-27-25)16-24(31)28-14-17-9-10-18(15-28)12-11-17/h1-8,17-18H,9-16H2. The number of benzene rings is 2. The highest BCUT2D eigenvalue weighted by Crippen LogP contribution is 2.34. The molecule has 3 heterocycles. The van der Waals surface area contributed by atoms with Gasteiger partial charge in [0.2, 0.25) is 11.8 Å². The molecular formula is C25H26FN3O2. The van der Waals surface area contributed by atoms with Gasteiger partial charge in [-0.2, -0.15) is 0 Å². The maximum atomic E-state index is 14.5. The summed E-state index contributed by atoms with van der Waals surface area (Å²) in [5.74, 6) is 0.505. The topological polar surface area (TPSA) is 53.0 Å². The van der Waals surface area contributed by atoms with Crippen molar-refractivity contribution in [3.05, 3.63) is 65.5 Å². The van der Waals surface area contributed by atoms with Crippen LogP contribution in [0.4, 0.5) is 10.1 Å². The Morgan fingerprint density at radius 1 is 0.935 bits per heavy atom. The average Bonchev–Trinajstić information content (AvgIpc) is 3.18. The Balaban J connectivity index is 1.45. The Hall–Kier alpha value is -3.02. The molecular weight excluding hydrogens is 393 g/mol. The molecule has 6 rings (SSSR count). The molecule has 0 radical (unpaired) electrons. The van der Waals surface area contributed by atoms with Crippen molar-refractivity contribution in [2.24, 2.45) is 16.8 Å². The highest BCUT2D eigenvalue weighted by molar-refractivity contribution is 6.20. The minimum Gasteiger partial charge on any atom is -0.341 e. The van der Waals surface area contributed by atoms with Crippen LogP contribution < -0.4 is 4.90 Å². The number of amides is 2.